The van der Waals surface area contributed by atoms with Crippen molar-refractivity contribution < 1.29 is 14.0 Å². The highest BCUT2D eigenvalue weighted by Gasteiger charge is 2.29. The number of nitriles is 1. The summed E-state index contributed by atoms with van der Waals surface area (Å²) in [7, 11) is 1.76. The van der Waals surface area contributed by atoms with Crippen LogP contribution in [-0.2, 0) is 16.0 Å². The zero-order valence-electron chi connectivity index (χ0n) is 21.2. The van der Waals surface area contributed by atoms with Gasteiger partial charge in [0.25, 0.3) is 0 Å². The normalized spacial score (nSPS) is 16.2. The molecular weight excluding hydrogens is 468 g/mol. The Morgan fingerprint density at radius 1 is 1.22 bits per heavy atom. The number of likely N-dealkylation sites (N-methyl/N-ethyl adjacent to an activating group) is 1. The minimum absolute atomic E-state index is 0.0150. The van der Waals surface area contributed by atoms with E-state index in [0.717, 1.165) is 41.6 Å². The van der Waals surface area contributed by atoms with Crippen LogP contribution in [-0.4, -0.2) is 60.3 Å². The molecule has 192 valence electrons. The van der Waals surface area contributed by atoms with Gasteiger partial charge in [0.15, 0.2) is 6.19 Å². The van der Waals surface area contributed by atoms with E-state index in [4.69, 9.17) is 4.42 Å². The summed E-state index contributed by atoms with van der Waals surface area (Å²) in [6.07, 6.45) is 4.78. The van der Waals surface area contributed by atoms with Crippen molar-refractivity contribution in [2.24, 2.45) is 4.99 Å². The first-order valence-electron chi connectivity index (χ1n) is 12.5. The summed E-state index contributed by atoms with van der Waals surface area (Å²) in [5, 5.41) is 15.8. The average Bonchev–Trinajstić information content (AvgIpc) is 3.18. The summed E-state index contributed by atoms with van der Waals surface area (Å²) in [6.45, 7) is 2.98. The number of aliphatic imine (C=N–C) groups is 1. The molecule has 2 N–H and O–H groups in total. The Balaban J connectivity index is 1.42. The number of likely N-dealkylation sites (tertiary alicyclic amines) is 1. The number of fused-ring (bicyclic) bond motifs is 1. The summed E-state index contributed by atoms with van der Waals surface area (Å²) < 4.78 is 5.62. The van der Waals surface area contributed by atoms with Crippen LogP contribution in [0.15, 0.2) is 64.0 Å². The van der Waals surface area contributed by atoms with E-state index in [0.29, 0.717) is 25.2 Å². The first-order chi connectivity index (χ1) is 17.9. The van der Waals surface area contributed by atoms with Crippen LogP contribution in [0, 0.1) is 18.4 Å². The number of nitrogens with zero attached hydrogens (tertiary/aromatic N) is 4. The van der Waals surface area contributed by atoms with Crippen molar-refractivity contribution >= 4 is 34.4 Å². The third kappa shape index (κ3) is 6.88. The number of amides is 2. The number of benzene rings is 2. The number of furan rings is 1. The lowest BCUT2D eigenvalue weighted by Crippen LogP contribution is -2.45. The lowest BCUT2D eigenvalue weighted by molar-refractivity contribution is -0.140. The molecule has 1 aromatic heterocycles. The van der Waals surface area contributed by atoms with Gasteiger partial charge in [-0.1, -0.05) is 30.3 Å². The molecule has 2 aromatic carbocycles. The molecule has 0 spiro atoms. The maximum atomic E-state index is 13.3. The first-order valence-corrected chi connectivity index (χ1v) is 12.5. The minimum Gasteiger partial charge on any atom is -0.461 e. The van der Waals surface area contributed by atoms with Gasteiger partial charge >= 0.3 is 0 Å². The Labute approximate surface area is 216 Å². The molecule has 1 aliphatic rings. The molecule has 1 fully saturated rings. The fourth-order valence-corrected chi connectivity index (χ4v) is 4.41. The van der Waals surface area contributed by atoms with Crippen molar-refractivity contribution in [3.63, 3.8) is 0 Å². The second-order valence-corrected chi connectivity index (χ2v) is 9.27. The number of carbonyl (C=O) groups is 2. The van der Waals surface area contributed by atoms with Gasteiger partial charge < -0.3 is 19.5 Å². The van der Waals surface area contributed by atoms with Gasteiger partial charge in [0.2, 0.25) is 17.8 Å². The van der Waals surface area contributed by atoms with Gasteiger partial charge in [0.1, 0.15) is 17.4 Å². The SMILES string of the molecule is Cc1cc2cc(NC(=N[C@H]3CCCCN(CC(=O)N(C)CCc4ccccc4)C3=O)NC#N)ccc2o1. The van der Waals surface area contributed by atoms with Crippen molar-refractivity contribution in [1.82, 2.24) is 15.1 Å². The third-order valence-electron chi connectivity index (χ3n) is 6.44. The van der Waals surface area contributed by atoms with Crippen molar-refractivity contribution in [2.75, 3.05) is 32.0 Å². The monoisotopic (exact) mass is 500 g/mol. The Kier molecular flexibility index (Phi) is 8.41. The number of aryl methyl sites for hydroxylation is 1. The van der Waals surface area contributed by atoms with Crippen LogP contribution in [0.4, 0.5) is 5.69 Å². The zero-order chi connectivity index (χ0) is 26.2. The molecule has 3 aromatic rings. The highest BCUT2D eigenvalue weighted by molar-refractivity contribution is 5.98. The highest BCUT2D eigenvalue weighted by Crippen LogP contribution is 2.23. The van der Waals surface area contributed by atoms with Gasteiger partial charge in [0, 0.05) is 31.2 Å². The molecule has 2 heterocycles. The molecule has 4 rings (SSSR count). The molecule has 0 aliphatic carbocycles. The van der Waals surface area contributed by atoms with Crippen molar-refractivity contribution in [1.29, 1.82) is 5.26 Å². The number of guanidine groups is 1. The summed E-state index contributed by atoms with van der Waals surface area (Å²) in [6, 6.07) is 16.8. The number of carbonyl (C=O) groups excluding carboxylic acids is 2. The molecule has 1 saturated heterocycles. The lowest BCUT2D eigenvalue weighted by Gasteiger charge is -2.25. The first kappa shape index (κ1) is 25.8. The number of rotatable bonds is 7. The molecule has 37 heavy (non-hydrogen) atoms. The van der Waals surface area contributed by atoms with E-state index >= 15 is 0 Å². The van der Waals surface area contributed by atoms with Gasteiger partial charge in [-0.3, -0.25) is 14.9 Å². The summed E-state index contributed by atoms with van der Waals surface area (Å²) in [4.78, 5) is 34.1. The summed E-state index contributed by atoms with van der Waals surface area (Å²) >= 11 is 0. The van der Waals surface area contributed by atoms with Crippen LogP contribution in [0.1, 0.15) is 30.6 Å². The molecule has 0 radical (unpaired) electrons. The van der Waals surface area contributed by atoms with Gasteiger partial charge in [-0.15, -0.1) is 0 Å². The molecule has 0 bridgehead atoms. The maximum absolute atomic E-state index is 13.3. The summed E-state index contributed by atoms with van der Waals surface area (Å²) in [5.74, 6) is 0.683. The fraction of sp³-hybridized carbons (Fsp3) is 0.357. The van der Waals surface area contributed by atoms with Gasteiger partial charge in [-0.25, -0.2) is 4.99 Å². The topological polar surface area (TPSA) is 114 Å². The van der Waals surface area contributed by atoms with Crippen LogP contribution in [0.2, 0.25) is 0 Å². The van der Waals surface area contributed by atoms with E-state index < -0.39 is 6.04 Å². The lowest BCUT2D eigenvalue weighted by atomic mass is 10.1. The van der Waals surface area contributed by atoms with E-state index in [-0.39, 0.29) is 24.3 Å². The molecule has 0 saturated carbocycles. The summed E-state index contributed by atoms with van der Waals surface area (Å²) in [5.41, 5.74) is 2.64. The molecule has 2 amide bonds. The van der Waals surface area contributed by atoms with E-state index in [1.165, 1.54) is 0 Å². The highest BCUT2D eigenvalue weighted by atomic mass is 16.3. The van der Waals surface area contributed by atoms with Crippen LogP contribution >= 0.6 is 0 Å². The minimum atomic E-state index is -0.687. The zero-order valence-corrected chi connectivity index (χ0v) is 21.2. The molecule has 9 nitrogen and oxygen atoms in total. The molecule has 0 unspecified atom stereocenters. The number of hydrogen-bond acceptors (Lipinski definition) is 5. The Hall–Kier alpha value is -4.32. The van der Waals surface area contributed by atoms with E-state index in [1.807, 2.05) is 67.7 Å². The van der Waals surface area contributed by atoms with Crippen molar-refractivity contribution in [3.8, 4) is 6.19 Å². The predicted octanol–water partition coefficient (Wildman–Crippen LogP) is 3.66. The predicted molar refractivity (Wildman–Crippen MR) is 143 cm³/mol. The largest absolute Gasteiger partial charge is 0.461 e. The molecule has 9 heteroatoms. The Bertz CT molecular complexity index is 1310. The smallest absolute Gasteiger partial charge is 0.247 e. The Morgan fingerprint density at radius 3 is 2.81 bits per heavy atom. The van der Waals surface area contributed by atoms with Gasteiger partial charge in [-0.2, -0.15) is 5.26 Å². The van der Waals surface area contributed by atoms with E-state index in [2.05, 4.69) is 15.6 Å². The molecule has 1 atom stereocenters. The Morgan fingerprint density at radius 2 is 2.03 bits per heavy atom. The second kappa shape index (κ2) is 12.1. The van der Waals surface area contributed by atoms with Gasteiger partial charge in [0.05, 0.1) is 6.54 Å². The van der Waals surface area contributed by atoms with E-state index in [9.17, 15) is 14.9 Å². The quantitative estimate of drug-likeness (QED) is 0.222. The van der Waals surface area contributed by atoms with Crippen LogP contribution in [0.5, 0.6) is 0 Å². The number of anilines is 1. The average molecular weight is 501 g/mol. The van der Waals surface area contributed by atoms with E-state index in [1.54, 1.807) is 16.8 Å². The third-order valence-corrected chi connectivity index (χ3v) is 6.44. The second-order valence-electron chi connectivity index (χ2n) is 9.27. The van der Waals surface area contributed by atoms with Crippen LogP contribution in [0.3, 0.4) is 0 Å². The number of hydrogen-bond donors (Lipinski definition) is 2. The molecule has 1 aliphatic heterocycles. The molecular formula is C28H32N6O3. The van der Waals surface area contributed by atoms with Crippen molar-refractivity contribution in [3.05, 3.63) is 65.9 Å². The maximum Gasteiger partial charge on any atom is 0.247 e. The number of nitrogens with one attached hydrogen (secondary N) is 2. The van der Waals surface area contributed by atoms with Gasteiger partial charge in [-0.05, 0) is 62.4 Å². The fourth-order valence-electron chi connectivity index (χ4n) is 4.41. The van der Waals surface area contributed by atoms with Crippen LogP contribution < -0.4 is 10.6 Å². The standard InChI is InChI=1S/C28H32N6O3/c1-20-16-22-17-23(11-12-25(22)37-20)31-28(30-19-29)32-24-10-6-7-14-34(27(24)36)18-26(35)33(2)15-13-21-8-4-3-5-9-21/h3-5,8-9,11-12,16-17,24H,6-7,10,13-15,18H2,1-2H3,(H2,30,31,32)/t24-/m0/s1. The van der Waals surface area contributed by atoms with Crippen molar-refractivity contribution in [2.45, 2.75) is 38.6 Å². The van der Waals surface area contributed by atoms with Crippen LogP contribution in [0.25, 0.3) is 11.0 Å².